The molecule has 0 atom stereocenters. The van der Waals surface area contributed by atoms with Crippen LogP contribution in [0.25, 0.3) is 0 Å². The molecule has 0 aliphatic rings. The molecule has 0 aliphatic heterocycles. The first-order valence-corrected chi connectivity index (χ1v) is 4.98. The third kappa shape index (κ3) is 4.02. The van der Waals surface area contributed by atoms with Crippen LogP contribution in [-0.2, 0) is 12.4 Å². The second kappa shape index (κ2) is 5.87. The van der Waals surface area contributed by atoms with Crippen LogP contribution in [0.5, 0.6) is 0 Å². The Hall–Kier alpha value is 0.122. The van der Waals surface area contributed by atoms with Gasteiger partial charge in [-0.15, -0.1) is 0 Å². The molecule has 0 rings (SSSR count). The van der Waals surface area contributed by atoms with E-state index in [1.807, 2.05) is 13.8 Å². The molecular formula is C6H13AlO3. The van der Waals surface area contributed by atoms with Gasteiger partial charge >= 0.3 is 14.8 Å². The highest BCUT2D eigenvalue weighted by Crippen LogP contribution is 1.90. The summed E-state index contributed by atoms with van der Waals surface area (Å²) in [5.74, 6) is 0. The Morgan fingerprint density at radius 3 is 1.90 bits per heavy atom. The van der Waals surface area contributed by atoms with E-state index in [1.54, 1.807) is 0 Å². The van der Waals surface area contributed by atoms with E-state index >= 15 is 0 Å². The van der Waals surface area contributed by atoms with Crippen molar-refractivity contribution in [3.63, 3.8) is 0 Å². The van der Waals surface area contributed by atoms with Gasteiger partial charge in [-0.05, 0) is 20.8 Å². The first-order chi connectivity index (χ1) is 4.72. The van der Waals surface area contributed by atoms with E-state index < -0.39 is 14.8 Å². The van der Waals surface area contributed by atoms with Crippen molar-refractivity contribution in [2.45, 2.75) is 20.8 Å². The number of hydrogen-bond donors (Lipinski definition) is 0. The van der Waals surface area contributed by atoms with E-state index in [0.717, 1.165) is 0 Å². The lowest BCUT2D eigenvalue weighted by atomic mass is 10.9. The van der Waals surface area contributed by atoms with Crippen molar-refractivity contribution in [1.82, 2.24) is 0 Å². The summed E-state index contributed by atoms with van der Waals surface area (Å²) in [6.45, 7) is 6.37. The van der Waals surface area contributed by atoms with E-state index in [4.69, 9.17) is 7.58 Å². The van der Waals surface area contributed by atoms with Crippen molar-refractivity contribution < 1.29 is 12.4 Å². The summed E-state index contributed by atoms with van der Waals surface area (Å²) in [4.78, 5) is 10.7. The minimum Gasteiger partial charge on any atom is -0.474 e. The molecule has 58 valence electrons. The van der Waals surface area contributed by atoms with Gasteiger partial charge in [-0.2, -0.15) is 0 Å². The normalized spacial score (nSPS) is 9.50. The molecule has 4 heteroatoms. The molecule has 0 N–H and O–H groups in total. The van der Waals surface area contributed by atoms with Crippen molar-refractivity contribution in [3.05, 3.63) is 0 Å². The number of hydrogen-bond acceptors (Lipinski definition) is 3. The van der Waals surface area contributed by atoms with Crippen LogP contribution in [0.1, 0.15) is 20.8 Å². The van der Waals surface area contributed by atoms with Gasteiger partial charge in [-0.1, -0.05) is 0 Å². The van der Waals surface area contributed by atoms with Gasteiger partial charge in [0, 0.05) is 13.2 Å². The van der Waals surface area contributed by atoms with Gasteiger partial charge in [-0.25, -0.2) is 0 Å². The molecule has 10 heavy (non-hydrogen) atoms. The fourth-order valence-corrected chi connectivity index (χ4v) is 1.76. The summed E-state index contributed by atoms with van der Waals surface area (Å²) in [7, 11) is 0. The van der Waals surface area contributed by atoms with Crippen molar-refractivity contribution in [1.29, 1.82) is 0 Å². The molecule has 0 radical (unpaired) electrons. The molecule has 0 aromatic heterocycles. The molecule has 0 unspecified atom stereocenters. The Morgan fingerprint density at radius 2 is 1.70 bits per heavy atom. The predicted molar refractivity (Wildman–Crippen MR) is 39.7 cm³/mol. The first-order valence-electron chi connectivity index (χ1n) is 3.46. The van der Waals surface area contributed by atoms with Gasteiger partial charge in [0.25, 0.3) is 0 Å². The topological polar surface area (TPSA) is 35.5 Å². The third-order valence-corrected chi connectivity index (χ3v) is 2.90. The average Bonchev–Trinajstić information content (AvgIpc) is 1.87. The zero-order valence-corrected chi connectivity index (χ0v) is 7.87. The second-order valence-corrected chi connectivity index (χ2v) is 4.00. The quantitative estimate of drug-likeness (QED) is 0.554. The maximum Gasteiger partial charge on any atom is 0.757 e. The van der Waals surface area contributed by atoms with Crippen LogP contribution >= 0.6 is 0 Å². The Kier molecular flexibility index (Phi) is 5.95. The van der Waals surface area contributed by atoms with Gasteiger partial charge in [0.2, 0.25) is 0 Å². The van der Waals surface area contributed by atoms with Gasteiger partial charge in [0.1, 0.15) is 4.65 Å². The summed E-state index contributed by atoms with van der Waals surface area (Å²) >= 11 is -1.95. The van der Waals surface area contributed by atoms with Crippen LogP contribution in [0.4, 0.5) is 0 Å². The standard InChI is InChI=1S/2C2H5O.C2H3O.Al/c3*1-2-3;/h2*2H2,1H3;1H3;/q2*-1;;+2. The Morgan fingerprint density at radius 1 is 1.30 bits per heavy atom. The summed E-state index contributed by atoms with van der Waals surface area (Å²) in [5.41, 5.74) is 0. The van der Waals surface area contributed by atoms with E-state index in [9.17, 15) is 4.79 Å². The van der Waals surface area contributed by atoms with Crippen LogP contribution in [0, 0.1) is 0 Å². The minimum atomic E-state index is -1.95. The van der Waals surface area contributed by atoms with Crippen LogP contribution in [0.2, 0.25) is 0 Å². The molecule has 0 spiro atoms. The fraction of sp³-hybridized carbons (Fsp3) is 0.833. The van der Waals surface area contributed by atoms with Crippen LogP contribution in [0.15, 0.2) is 0 Å². The zero-order chi connectivity index (χ0) is 7.98. The maximum atomic E-state index is 10.7. The van der Waals surface area contributed by atoms with E-state index in [-0.39, 0.29) is 4.65 Å². The molecule has 0 saturated carbocycles. The molecule has 0 aromatic carbocycles. The molecule has 0 aromatic rings. The molecule has 0 bridgehead atoms. The number of carbonyl (C=O) groups excluding carboxylic acids is 1. The van der Waals surface area contributed by atoms with Gasteiger partial charge in [-0.3, -0.25) is 0 Å². The zero-order valence-electron chi connectivity index (χ0n) is 6.72. The van der Waals surface area contributed by atoms with Gasteiger partial charge in [0.15, 0.2) is 0 Å². The summed E-state index contributed by atoms with van der Waals surface area (Å²) in [6, 6.07) is 0. The van der Waals surface area contributed by atoms with Crippen molar-refractivity contribution >= 4 is 19.5 Å². The lowest BCUT2D eigenvalue weighted by Crippen LogP contribution is -2.31. The molecule has 0 heterocycles. The van der Waals surface area contributed by atoms with Crippen LogP contribution in [0.3, 0.4) is 0 Å². The Labute approximate surface area is 66.4 Å². The largest absolute Gasteiger partial charge is 0.757 e. The van der Waals surface area contributed by atoms with E-state index in [0.29, 0.717) is 13.2 Å². The molecule has 0 aliphatic carbocycles. The summed E-state index contributed by atoms with van der Waals surface area (Å²) in [6.07, 6.45) is 0. The highest BCUT2D eigenvalue weighted by atomic mass is 27.2. The number of carbonyl (C=O) groups is 1. The third-order valence-electron chi connectivity index (χ3n) is 0.968. The predicted octanol–water partition coefficient (Wildman–Crippen LogP) is 0.676. The van der Waals surface area contributed by atoms with Crippen LogP contribution in [-0.4, -0.2) is 32.7 Å². The maximum absolute atomic E-state index is 10.7. The first kappa shape index (κ1) is 10.1. The minimum absolute atomic E-state index is 0.0590. The van der Waals surface area contributed by atoms with Crippen molar-refractivity contribution in [2.75, 3.05) is 13.2 Å². The van der Waals surface area contributed by atoms with E-state index in [1.165, 1.54) is 6.92 Å². The smallest absolute Gasteiger partial charge is 0.474 e. The summed E-state index contributed by atoms with van der Waals surface area (Å²) in [5, 5.41) is 0. The molecule has 0 saturated heterocycles. The number of rotatable bonds is 5. The molecule has 0 amide bonds. The Balaban J connectivity index is 3.61. The van der Waals surface area contributed by atoms with Crippen molar-refractivity contribution in [3.8, 4) is 0 Å². The van der Waals surface area contributed by atoms with Crippen LogP contribution < -0.4 is 0 Å². The lowest BCUT2D eigenvalue weighted by molar-refractivity contribution is -0.113. The summed E-state index contributed by atoms with van der Waals surface area (Å²) < 4.78 is 10.3. The SMILES string of the molecule is CC[O][Al]([O]CC)[C](C)=O. The highest BCUT2D eigenvalue weighted by molar-refractivity contribution is 6.80. The molecule has 3 nitrogen and oxygen atoms in total. The second-order valence-electron chi connectivity index (χ2n) is 1.85. The average molecular weight is 160 g/mol. The Bertz CT molecular complexity index is 99.2. The van der Waals surface area contributed by atoms with Gasteiger partial charge < -0.3 is 12.4 Å². The highest BCUT2D eigenvalue weighted by Gasteiger charge is 2.30. The molecule has 0 fully saturated rings. The fourth-order valence-electron chi connectivity index (χ4n) is 0.586. The molecular weight excluding hydrogens is 147 g/mol. The lowest BCUT2D eigenvalue weighted by Gasteiger charge is -2.06. The van der Waals surface area contributed by atoms with Crippen molar-refractivity contribution in [2.24, 2.45) is 0 Å². The van der Waals surface area contributed by atoms with E-state index in [2.05, 4.69) is 0 Å². The monoisotopic (exact) mass is 160 g/mol. The van der Waals surface area contributed by atoms with Gasteiger partial charge in [0.05, 0.1) is 0 Å².